The summed E-state index contributed by atoms with van der Waals surface area (Å²) in [5.74, 6) is 0.104. The molecule has 0 aromatic carbocycles. The van der Waals surface area contributed by atoms with E-state index in [0.717, 1.165) is 35.5 Å². The molecule has 1 aromatic rings. The Bertz CT molecular complexity index is 455. The molecular weight excluding hydrogens is 334 g/mol. The number of rotatable bonds is 3. The van der Waals surface area contributed by atoms with Crippen LogP contribution in [0, 0.1) is 0 Å². The first kappa shape index (κ1) is 13.9. The van der Waals surface area contributed by atoms with Gasteiger partial charge < -0.3 is 10.6 Å². The van der Waals surface area contributed by atoms with Gasteiger partial charge in [0.1, 0.15) is 4.88 Å². The molecule has 2 heterocycles. The van der Waals surface area contributed by atoms with Gasteiger partial charge in [-0.2, -0.15) is 0 Å². The zero-order valence-electron chi connectivity index (χ0n) is 9.76. The molecule has 2 rings (SSSR count). The van der Waals surface area contributed by atoms with Crippen molar-refractivity contribution in [1.82, 2.24) is 9.80 Å². The van der Waals surface area contributed by atoms with Crippen LogP contribution in [0.5, 0.6) is 0 Å². The summed E-state index contributed by atoms with van der Waals surface area (Å²) >= 11 is 9.76. The third-order valence-corrected chi connectivity index (χ3v) is 4.81. The van der Waals surface area contributed by atoms with Crippen LogP contribution in [0.1, 0.15) is 9.67 Å². The minimum absolute atomic E-state index is 0.104. The van der Waals surface area contributed by atoms with E-state index in [9.17, 15) is 4.79 Å². The van der Waals surface area contributed by atoms with Gasteiger partial charge in [0, 0.05) is 37.2 Å². The second-order valence-corrected chi connectivity index (χ2v) is 6.43. The van der Waals surface area contributed by atoms with Gasteiger partial charge in [0.25, 0.3) is 5.91 Å². The van der Waals surface area contributed by atoms with E-state index in [1.165, 1.54) is 11.3 Å². The van der Waals surface area contributed by atoms with Crippen LogP contribution in [0.15, 0.2) is 15.9 Å². The zero-order valence-corrected chi connectivity index (χ0v) is 13.0. The lowest BCUT2D eigenvalue weighted by atomic mass is 10.3. The monoisotopic (exact) mass is 347 g/mol. The zero-order chi connectivity index (χ0) is 13.1. The first-order valence-electron chi connectivity index (χ1n) is 5.61. The maximum absolute atomic E-state index is 12.2. The molecule has 0 bridgehead atoms. The van der Waals surface area contributed by atoms with Gasteiger partial charge in [-0.05, 0) is 27.4 Å². The average molecular weight is 348 g/mol. The van der Waals surface area contributed by atoms with Crippen molar-refractivity contribution in [2.75, 3.05) is 32.7 Å². The highest BCUT2D eigenvalue weighted by atomic mass is 79.9. The van der Waals surface area contributed by atoms with Crippen LogP contribution in [-0.4, -0.2) is 53.4 Å². The van der Waals surface area contributed by atoms with Gasteiger partial charge >= 0.3 is 0 Å². The number of thiophene rings is 1. The Labute approximate surface area is 124 Å². The summed E-state index contributed by atoms with van der Waals surface area (Å²) in [4.78, 5) is 17.6. The van der Waals surface area contributed by atoms with Crippen molar-refractivity contribution in [1.29, 1.82) is 0 Å². The van der Waals surface area contributed by atoms with Crippen LogP contribution in [0.4, 0.5) is 0 Å². The van der Waals surface area contributed by atoms with Gasteiger partial charge in [-0.3, -0.25) is 9.69 Å². The van der Waals surface area contributed by atoms with Crippen LogP contribution in [-0.2, 0) is 0 Å². The fourth-order valence-electron chi connectivity index (χ4n) is 1.92. The Morgan fingerprint density at radius 2 is 2.11 bits per heavy atom. The third-order valence-electron chi connectivity index (χ3n) is 2.85. The van der Waals surface area contributed by atoms with Crippen LogP contribution in [0.3, 0.4) is 0 Å². The summed E-state index contributed by atoms with van der Waals surface area (Å²) in [5, 5.41) is 1.92. The molecule has 0 saturated carbocycles. The summed E-state index contributed by atoms with van der Waals surface area (Å²) in [7, 11) is 0. The van der Waals surface area contributed by atoms with Crippen molar-refractivity contribution < 1.29 is 4.79 Å². The van der Waals surface area contributed by atoms with Crippen LogP contribution >= 0.6 is 39.5 Å². The number of hydrogen-bond acceptors (Lipinski definition) is 4. The minimum Gasteiger partial charge on any atom is -0.392 e. The number of nitrogens with zero attached hydrogens (tertiary/aromatic N) is 2. The fourth-order valence-corrected chi connectivity index (χ4v) is 3.61. The van der Waals surface area contributed by atoms with Gasteiger partial charge in [0.2, 0.25) is 0 Å². The summed E-state index contributed by atoms with van der Waals surface area (Å²) in [6, 6.07) is 1.90. The van der Waals surface area contributed by atoms with E-state index in [0.29, 0.717) is 11.5 Å². The van der Waals surface area contributed by atoms with E-state index in [4.69, 9.17) is 18.0 Å². The molecule has 18 heavy (non-hydrogen) atoms. The number of halogens is 1. The van der Waals surface area contributed by atoms with E-state index >= 15 is 0 Å². The maximum Gasteiger partial charge on any atom is 0.265 e. The van der Waals surface area contributed by atoms with Crippen LogP contribution in [0.25, 0.3) is 0 Å². The second-order valence-electron chi connectivity index (χ2n) is 4.13. The predicted molar refractivity (Wildman–Crippen MR) is 81.1 cm³/mol. The smallest absolute Gasteiger partial charge is 0.265 e. The van der Waals surface area contributed by atoms with Crippen LogP contribution in [0.2, 0.25) is 0 Å². The average Bonchev–Trinajstić information content (AvgIpc) is 2.75. The molecule has 1 saturated heterocycles. The molecule has 0 spiro atoms. The summed E-state index contributed by atoms with van der Waals surface area (Å²) < 4.78 is 0.878. The lowest BCUT2D eigenvalue weighted by Crippen LogP contribution is -2.50. The van der Waals surface area contributed by atoms with E-state index < -0.39 is 0 Å². The van der Waals surface area contributed by atoms with Crippen LogP contribution < -0.4 is 5.73 Å². The molecule has 0 atom stereocenters. The molecule has 1 aromatic heterocycles. The molecule has 1 aliphatic rings. The lowest BCUT2D eigenvalue weighted by Gasteiger charge is -2.34. The highest BCUT2D eigenvalue weighted by molar-refractivity contribution is 9.10. The summed E-state index contributed by atoms with van der Waals surface area (Å²) in [6.07, 6.45) is 0. The number of nitrogens with two attached hydrogens (primary N) is 1. The first-order chi connectivity index (χ1) is 8.58. The Morgan fingerprint density at radius 3 is 2.61 bits per heavy atom. The number of hydrogen-bond donors (Lipinski definition) is 1. The second kappa shape index (κ2) is 6.10. The Morgan fingerprint density at radius 1 is 1.44 bits per heavy atom. The molecule has 1 amide bonds. The molecule has 0 radical (unpaired) electrons. The van der Waals surface area contributed by atoms with Gasteiger partial charge in [-0.25, -0.2) is 0 Å². The number of carbonyl (C=O) groups is 1. The number of piperazine rings is 1. The fraction of sp³-hybridized carbons (Fsp3) is 0.455. The van der Waals surface area contributed by atoms with Gasteiger partial charge in [0.05, 0.1) is 4.99 Å². The van der Waals surface area contributed by atoms with Crippen molar-refractivity contribution in [3.8, 4) is 0 Å². The minimum atomic E-state index is 0.104. The molecule has 98 valence electrons. The van der Waals surface area contributed by atoms with Crippen molar-refractivity contribution in [3.63, 3.8) is 0 Å². The molecule has 2 N–H and O–H groups in total. The van der Waals surface area contributed by atoms with Gasteiger partial charge in [-0.1, -0.05) is 12.2 Å². The summed E-state index contributed by atoms with van der Waals surface area (Å²) in [5.41, 5.74) is 5.52. The van der Waals surface area contributed by atoms with E-state index in [1.54, 1.807) is 0 Å². The quantitative estimate of drug-likeness (QED) is 0.843. The van der Waals surface area contributed by atoms with Gasteiger partial charge in [-0.15, -0.1) is 11.3 Å². The van der Waals surface area contributed by atoms with Gasteiger partial charge in [0.15, 0.2) is 0 Å². The van der Waals surface area contributed by atoms with Crippen molar-refractivity contribution >= 4 is 50.4 Å². The maximum atomic E-state index is 12.2. The topological polar surface area (TPSA) is 49.6 Å². The Balaban J connectivity index is 1.92. The van der Waals surface area contributed by atoms with E-state index in [-0.39, 0.29) is 5.91 Å². The number of thiocarbonyl (C=S) groups is 1. The first-order valence-corrected chi connectivity index (χ1v) is 7.69. The van der Waals surface area contributed by atoms with Crippen molar-refractivity contribution in [3.05, 3.63) is 20.8 Å². The van der Waals surface area contributed by atoms with E-state index in [2.05, 4.69) is 20.8 Å². The molecule has 4 nitrogen and oxygen atoms in total. The van der Waals surface area contributed by atoms with Crippen molar-refractivity contribution in [2.24, 2.45) is 5.73 Å². The lowest BCUT2D eigenvalue weighted by molar-refractivity contribution is 0.0658. The SMILES string of the molecule is NC(=S)CN1CCN(C(=O)c2sccc2Br)CC1. The molecule has 0 unspecified atom stereocenters. The largest absolute Gasteiger partial charge is 0.392 e. The summed E-state index contributed by atoms with van der Waals surface area (Å²) in [6.45, 7) is 3.75. The highest BCUT2D eigenvalue weighted by Crippen LogP contribution is 2.24. The Hall–Kier alpha value is -0.500. The molecule has 1 aliphatic heterocycles. The normalized spacial score (nSPS) is 16.8. The van der Waals surface area contributed by atoms with E-state index in [1.807, 2.05) is 16.3 Å². The molecule has 7 heteroatoms. The Kier molecular flexibility index (Phi) is 4.71. The highest BCUT2D eigenvalue weighted by Gasteiger charge is 2.24. The number of carbonyl (C=O) groups excluding carboxylic acids is 1. The third kappa shape index (κ3) is 3.28. The number of amides is 1. The van der Waals surface area contributed by atoms with Crippen molar-refractivity contribution in [2.45, 2.75) is 0 Å². The standard InChI is InChI=1S/C11H14BrN3OS2/c12-8-1-6-18-10(8)11(16)15-4-2-14(3-5-15)7-9(13)17/h1,6H,2-5,7H2,(H2,13,17). The molecule has 0 aliphatic carbocycles. The molecular formula is C11H14BrN3OS2. The predicted octanol–water partition coefficient (Wildman–Crippen LogP) is 1.55. The molecule has 1 fully saturated rings.